The standard InChI is InChI=1S/C17H28N2O6S/c1-23-14-4-5-15(17(25-3)16(14)24-2)26(21,22)13-11-19-8-6-18(7-9-19)10-12-20/h4-5,20H,6-13H2,1-3H3. The smallest absolute Gasteiger partial charge is 0.204 e. The van der Waals surface area contributed by atoms with Crippen LogP contribution in [-0.4, -0.2) is 96.3 Å². The fourth-order valence-electron chi connectivity index (χ4n) is 3.06. The van der Waals surface area contributed by atoms with Gasteiger partial charge < -0.3 is 19.3 Å². The zero-order chi connectivity index (χ0) is 19.2. The van der Waals surface area contributed by atoms with Crippen LogP contribution in [0.25, 0.3) is 0 Å². The minimum Gasteiger partial charge on any atom is -0.493 e. The molecule has 148 valence electrons. The third-order valence-corrected chi connectivity index (χ3v) is 6.27. The Balaban J connectivity index is 2.09. The van der Waals surface area contributed by atoms with Crippen molar-refractivity contribution in [2.75, 3.05) is 73.0 Å². The normalized spacial score (nSPS) is 16.5. The molecule has 1 fully saturated rings. The summed E-state index contributed by atoms with van der Waals surface area (Å²) in [5, 5.41) is 8.98. The van der Waals surface area contributed by atoms with E-state index in [0.29, 0.717) is 18.8 Å². The van der Waals surface area contributed by atoms with Crippen LogP contribution in [-0.2, 0) is 9.84 Å². The lowest BCUT2D eigenvalue weighted by molar-refractivity contribution is 0.116. The monoisotopic (exact) mass is 388 g/mol. The first kappa shape index (κ1) is 20.8. The van der Waals surface area contributed by atoms with Gasteiger partial charge in [0, 0.05) is 39.3 Å². The molecule has 0 spiro atoms. The molecule has 0 bridgehead atoms. The van der Waals surface area contributed by atoms with Gasteiger partial charge in [-0.25, -0.2) is 8.42 Å². The van der Waals surface area contributed by atoms with E-state index in [1.165, 1.54) is 27.4 Å². The van der Waals surface area contributed by atoms with Crippen molar-refractivity contribution in [1.29, 1.82) is 0 Å². The van der Waals surface area contributed by atoms with Gasteiger partial charge in [0.25, 0.3) is 0 Å². The van der Waals surface area contributed by atoms with Gasteiger partial charge in [-0.2, -0.15) is 0 Å². The van der Waals surface area contributed by atoms with Gasteiger partial charge in [-0.1, -0.05) is 0 Å². The van der Waals surface area contributed by atoms with Gasteiger partial charge in [-0.15, -0.1) is 0 Å². The summed E-state index contributed by atoms with van der Waals surface area (Å²) in [4.78, 5) is 4.40. The lowest BCUT2D eigenvalue weighted by Crippen LogP contribution is -2.48. The number of nitrogens with zero attached hydrogens (tertiary/aromatic N) is 2. The number of methoxy groups -OCH3 is 3. The number of benzene rings is 1. The number of aliphatic hydroxyl groups excluding tert-OH is 1. The van der Waals surface area contributed by atoms with E-state index in [1.807, 2.05) is 0 Å². The molecule has 0 atom stereocenters. The summed E-state index contributed by atoms with van der Waals surface area (Å²) >= 11 is 0. The van der Waals surface area contributed by atoms with E-state index >= 15 is 0 Å². The summed E-state index contributed by atoms with van der Waals surface area (Å²) in [5.41, 5.74) is 0. The molecule has 0 aliphatic carbocycles. The Kier molecular flexibility index (Phi) is 7.51. The van der Waals surface area contributed by atoms with Crippen molar-refractivity contribution in [3.63, 3.8) is 0 Å². The topological polar surface area (TPSA) is 88.5 Å². The predicted octanol–water partition coefficient (Wildman–Crippen LogP) is 0.0960. The maximum Gasteiger partial charge on any atom is 0.204 e. The van der Waals surface area contributed by atoms with E-state index in [-0.39, 0.29) is 28.8 Å². The van der Waals surface area contributed by atoms with Gasteiger partial charge >= 0.3 is 0 Å². The second-order valence-electron chi connectivity index (χ2n) is 6.06. The van der Waals surface area contributed by atoms with Crippen molar-refractivity contribution < 1.29 is 27.7 Å². The Morgan fingerprint density at radius 2 is 1.50 bits per heavy atom. The van der Waals surface area contributed by atoms with E-state index in [4.69, 9.17) is 19.3 Å². The number of piperazine rings is 1. The molecule has 1 aliphatic rings. The van der Waals surface area contributed by atoms with Crippen LogP contribution >= 0.6 is 0 Å². The lowest BCUT2D eigenvalue weighted by Gasteiger charge is -2.34. The van der Waals surface area contributed by atoms with E-state index in [2.05, 4.69) is 9.80 Å². The SMILES string of the molecule is COc1ccc(S(=O)(=O)CCN2CCN(CCO)CC2)c(OC)c1OC. The number of aliphatic hydroxyl groups is 1. The van der Waals surface area contributed by atoms with Gasteiger partial charge in [0.1, 0.15) is 4.90 Å². The Labute approximate surface area is 155 Å². The number of rotatable bonds is 9. The van der Waals surface area contributed by atoms with Crippen molar-refractivity contribution in [2.45, 2.75) is 4.90 Å². The largest absolute Gasteiger partial charge is 0.493 e. The third-order valence-electron chi connectivity index (χ3n) is 4.56. The number of ether oxygens (including phenoxy) is 3. The van der Waals surface area contributed by atoms with Crippen LogP contribution < -0.4 is 14.2 Å². The zero-order valence-electron chi connectivity index (χ0n) is 15.6. The summed E-state index contributed by atoms with van der Waals surface area (Å²) in [7, 11) is 0.809. The highest BCUT2D eigenvalue weighted by Crippen LogP contribution is 2.42. The first-order chi connectivity index (χ1) is 12.5. The molecule has 2 rings (SSSR count). The number of hydrogen-bond acceptors (Lipinski definition) is 8. The molecule has 0 saturated carbocycles. The second-order valence-corrected chi connectivity index (χ2v) is 8.14. The van der Waals surface area contributed by atoms with Gasteiger partial charge in [-0.05, 0) is 12.1 Å². The molecule has 0 amide bonds. The average Bonchev–Trinajstić information content (AvgIpc) is 2.66. The highest BCUT2D eigenvalue weighted by molar-refractivity contribution is 7.91. The van der Waals surface area contributed by atoms with Crippen LogP contribution in [0, 0.1) is 0 Å². The van der Waals surface area contributed by atoms with Crippen molar-refractivity contribution in [3.8, 4) is 17.2 Å². The Hall–Kier alpha value is -1.55. The van der Waals surface area contributed by atoms with Crippen LogP contribution in [0.5, 0.6) is 17.2 Å². The fraction of sp³-hybridized carbons (Fsp3) is 0.647. The van der Waals surface area contributed by atoms with Crippen LogP contribution in [0.2, 0.25) is 0 Å². The van der Waals surface area contributed by atoms with Gasteiger partial charge in [0.15, 0.2) is 21.3 Å². The second kappa shape index (κ2) is 9.40. The minimum atomic E-state index is -3.54. The number of hydrogen-bond donors (Lipinski definition) is 1. The first-order valence-corrected chi connectivity index (χ1v) is 10.2. The molecule has 1 N–H and O–H groups in total. The Morgan fingerprint density at radius 3 is 2.00 bits per heavy atom. The van der Waals surface area contributed by atoms with Crippen molar-refractivity contribution in [3.05, 3.63) is 12.1 Å². The van der Waals surface area contributed by atoms with E-state index < -0.39 is 9.84 Å². The quantitative estimate of drug-likeness (QED) is 0.637. The molecule has 8 nitrogen and oxygen atoms in total. The molecule has 1 heterocycles. The molecule has 1 aromatic rings. The van der Waals surface area contributed by atoms with Crippen LogP contribution in [0.1, 0.15) is 0 Å². The van der Waals surface area contributed by atoms with Gasteiger partial charge in [0.05, 0.1) is 33.7 Å². The van der Waals surface area contributed by atoms with Crippen molar-refractivity contribution in [1.82, 2.24) is 9.80 Å². The average molecular weight is 388 g/mol. The number of β-amino-alcohol motifs (C(OH)–C–C–N with tert-alkyl or cyclic N) is 1. The molecule has 0 unspecified atom stereocenters. The maximum absolute atomic E-state index is 12.8. The summed E-state index contributed by atoms with van der Waals surface area (Å²) < 4.78 is 41.5. The van der Waals surface area contributed by atoms with Gasteiger partial charge in [-0.3, -0.25) is 9.80 Å². The van der Waals surface area contributed by atoms with E-state index in [0.717, 1.165) is 26.2 Å². The molecule has 0 radical (unpaired) electrons. The maximum atomic E-state index is 12.8. The van der Waals surface area contributed by atoms with Crippen LogP contribution in [0.3, 0.4) is 0 Å². The first-order valence-electron chi connectivity index (χ1n) is 8.54. The molecule has 9 heteroatoms. The predicted molar refractivity (Wildman–Crippen MR) is 98.1 cm³/mol. The summed E-state index contributed by atoms with van der Waals surface area (Å²) in [5.74, 6) is 0.857. The summed E-state index contributed by atoms with van der Waals surface area (Å²) in [6.07, 6.45) is 0. The summed E-state index contributed by atoms with van der Waals surface area (Å²) in [6, 6.07) is 3.07. The molecule has 1 saturated heterocycles. The van der Waals surface area contributed by atoms with Crippen LogP contribution in [0.15, 0.2) is 17.0 Å². The molecule has 0 aromatic heterocycles. The molecular weight excluding hydrogens is 360 g/mol. The summed E-state index contributed by atoms with van der Waals surface area (Å²) in [6.45, 7) is 4.51. The fourth-order valence-corrected chi connectivity index (χ4v) is 4.51. The highest BCUT2D eigenvalue weighted by atomic mass is 32.2. The number of sulfone groups is 1. The minimum absolute atomic E-state index is 0.00115. The Morgan fingerprint density at radius 1 is 0.923 bits per heavy atom. The Bertz CT molecular complexity index is 687. The van der Waals surface area contributed by atoms with Crippen molar-refractivity contribution >= 4 is 9.84 Å². The third kappa shape index (κ3) is 4.79. The van der Waals surface area contributed by atoms with E-state index in [9.17, 15) is 8.42 Å². The molecule has 1 aromatic carbocycles. The molecule has 26 heavy (non-hydrogen) atoms. The molecular formula is C17H28N2O6S. The highest BCUT2D eigenvalue weighted by Gasteiger charge is 2.26. The zero-order valence-corrected chi connectivity index (χ0v) is 16.4. The van der Waals surface area contributed by atoms with Crippen molar-refractivity contribution in [2.24, 2.45) is 0 Å². The molecule has 1 aliphatic heterocycles. The van der Waals surface area contributed by atoms with Gasteiger partial charge in [0.2, 0.25) is 5.75 Å². The van der Waals surface area contributed by atoms with E-state index in [1.54, 1.807) is 6.07 Å². The lowest BCUT2D eigenvalue weighted by atomic mass is 10.3. The van der Waals surface area contributed by atoms with Crippen LogP contribution in [0.4, 0.5) is 0 Å².